The van der Waals surface area contributed by atoms with Crippen molar-refractivity contribution in [2.45, 2.75) is 18.9 Å². The van der Waals surface area contributed by atoms with Gasteiger partial charge < -0.3 is 24.8 Å². The van der Waals surface area contributed by atoms with E-state index in [-0.39, 0.29) is 23.5 Å². The second-order valence-electron chi connectivity index (χ2n) is 6.61. The van der Waals surface area contributed by atoms with E-state index < -0.39 is 5.82 Å². The summed E-state index contributed by atoms with van der Waals surface area (Å²) in [7, 11) is 4.95. The Labute approximate surface area is 151 Å². The van der Waals surface area contributed by atoms with Crippen LogP contribution in [-0.2, 0) is 0 Å². The van der Waals surface area contributed by atoms with Crippen molar-refractivity contribution in [1.29, 1.82) is 0 Å². The number of ether oxygens (including phenoxy) is 1. The number of hydrogen-bond donors (Lipinski definition) is 1. The van der Waals surface area contributed by atoms with Gasteiger partial charge in [0.25, 0.3) is 5.91 Å². The fourth-order valence-electron chi connectivity index (χ4n) is 3.13. The van der Waals surface area contributed by atoms with Gasteiger partial charge in [-0.2, -0.15) is 0 Å². The van der Waals surface area contributed by atoms with Crippen LogP contribution in [0.4, 0.5) is 10.2 Å². The fraction of sp³-hybridized carbons (Fsp3) is 0.444. The number of carbonyl (C=O) groups excluding carboxylic acids is 1. The zero-order valence-corrected chi connectivity index (χ0v) is 15.2. The summed E-state index contributed by atoms with van der Waals surface area (Å²) >= 11 is 0. The van der Waals surface area contributed by atoms with E-state index >= 15 is 0 Å². The second-order valence-corrected chi connectivity index (χ2v) is 6.61. The lowest BCUT2D eigenvalue weighted by Gasteiger charge is -2.31. The summed E-state index contributed by atoms with van der Waals surface area (Å²) < 4.78 is 24.2. The number of rotatable bonds is 4. The maximum atomic E-state index is 13.7. The van der Waals surface area contributed by atoms with Crippen molar-refractivity contribution in [3.8, 4) is 17.1 Å². The van der Waals surface area contributed by atoms with E-state index in [2.05, 4.69) is 5.16 Å². The van der Waals surface area contributed by atoms with E-state index in [0.717, 1.165) is 12.8 Å². The zero-order chi connectivity index (χ0) is 18.8. The Morgan fingerprint density at radius 2 is 2.23 bits per heavy atom. The minimum Gasteiger partial charge on any atom is -0.494 e. The van der Waals surface area contributed by atoms with Crippen molar-refractivity contribution in [3.63, 3.8) is 0 Å². The topological polar surface area (TPSA) is 84.8 Å². The Morgan fingerprint density at radius 3 is 2.88 bits per heavy atom. The lowest BCUT2D eigenvalue weighted by atomic mass is 10.0. The van der Waals surface area contributed by atoms with E-state index in [9.17, 15) is 9.18 Å². The number of amides is 1. The van der Waals surface area contributed by atoms with E-state index in [1.165, 1.54) is 25.3 Å². The maximum Gasteiger partial charge on any atom is 0.261 e. The molecule has 1 amide bonds. The number of likely N-dealkylation sites (tertiary alicyclic amines) is 1. The van der Waals surface area contributed by atoms with E-state index in [4.69, 9.17) is 15.0 Å². The summed E-state index contributed by atoms with van der Waals surface area (Å²) in [6.07, 6.45) is 1.76. The van der Waals surface area contributed by atoms with Crippen molar-refractivity contribution in [2.75, 3.05) is 39.2 Å². The molecule has 1 aromatic heterocycles. The van der Waals surface area contributed by atoms with E-state index in [1.54, 1.807) is 23.9 Å². The van der Waals surface area contributed by atoms with Crippen LogP contribution in [0.1, 0.15) is 23.2 Å². The zero-order valence-electron chi connectivity index (χ0n) is 15.2. The molecule has 3 rings (SSSR count). The highest BCUT2D eigenvalue weighted by molar-refractivity contribution is 6.04. The molecule has 0 unspecified atom stereocenters. The van der Waals surface area contributed by atoms with Gasteiger partial charge in [-0.15, -0.1) is 0 Å². The minimum absolute atomic E-state index is 0.0373. The van der Waals surface area contributed by atoms with Crippen molar-refractivity contribution >= 4 is 11.7 Å². The van der Waals surface area contributed by atoms with Crippen molar-refractivity contribution in [3.05, 3.63) is 29.6 Å². The molecular weight excluding hydrogens is 339 g/mol. The van der Waals surface area contributed by atoms with Crippen LogP contribution in [-0.4, -0.2) is 56.3 Å². The third-order valence-electron chi connectivity index (χ3n) is 4.47. The highest BCUT2D eigenvalue weighted by Gasteiger charge is 2.31. The molecule has 2 N–H and O–H groups in total. The molecule has 0 bridgehead atoms. The van der Waals surface area contributed by atoms with Crippen LogP contribution in [0.5, 0.6) is 5.75 Å². The maximum absolute atomic E-state index is 13.7. The summed E-state index contributed by atoms with van der Waals surface area (Å²) in [5.74, 6) is 0.106. The van der Waals surface area contributed by atoms with Gasteiger partial charge in [0, 0.05) is 38.8 Å². The Kier molecular flexibility index (Phi) is 5.13. The molecule has 0 aliphatic carbocycles. The number of carbonyl (C=O) groups is 1. The van der Waals surface area contributed by atoms with Crippen molar-refractivity contribution < 1.29 is 18.4 Å². The van der Waals surface area contributed by atoms with E-state index in [0.29, 0.717) is 30.0 Å². The molecule has 0 radical (unpaired) electrons. The third-order valence-corrected chi connectivity index (χ3v) is 4.47. The van der Waals surface area contributed by atoms with E-state index in [1.807, 2.05) is 0 Å². The first-order valence-corrected chi connectivity index (χ1v) is 8.48. The van der Waals surface area contributed by atoms with Gasteiger partial charge in [0.15, 0.2) is 23.1 Å². The minimum atomic E-state index is -0.488. The quantitative estimate of drug-likeness (QED) is 0.897. The molecule has 1 fully saturated rings. The predicted octanol–water partition coefficient (Wildman–Crippen LogP) is 2.12. The number of halogens is 1. The van der Waals surface area contributed by atoms with Crippen LogP contribution in [0.25, 0.3) is 11.3 Å². The molecular formula is C18H23FN4O3. The highest BCUT2D eigenvalue weighted by atomic mass is 19.1. The number of benzene rings is 1. The standard InChI is InChI=1S/C18H23FN4O3/c1-22(2)17-15(18(24)23-8-4-5-12(20)10-23)16(26-21-17)11-6-7-13(19)14(9-11)25-3/h6-7,9,12H,4-5,8,10,20H2,1-3H3/t12-/m0/s1. The summed E-state index contributed by atoms with van der Waals surface area (Å²) in [4.78, 5) is 16.6. The number of hydrogen-bond acceptors (Lipinski definition) is 6. The van der Waals surface area contributed by atoms with Crippen molar-refractivity contribution in [2.24, 2.45) is 5.73 Å². The van der Waals surface area contributed by atoms with Crippen LogP contribution in [0.15, 0.2) is 22.7 Å². The molecule has 1 aliphatic rings. The highest BCUT2D eigenvalue weighted by Crippen LogP contribution is 2.34. The number of aromatic nitrogens is 1. The average molecular weight is 362 g/mol. The predicted molar refractivity (Wildman–Crippen MR) is 95.9 cm³/mol. The van der Waals surface area contributed by atoms with Gasteiger partial charge in [0.2, 0.25) is 0 Å². The molecule has 140 valence electrons. The normalized spacial score (nSPS) is 17.3. The van der Waals surface area contributed by atoms with Crippen LogP contribution < -0.4 is 15.4 Å². The second kappa shape index (κ2) is 7.33. The van der Waals surface area contributed by atoms with Gasteiger partial charge in [-0.25, -0.2) is 4.39 Å². The first kappa shape index (κ1) is 18.2. The lowest BCUT2D eigenvalue weighted by molar-refractivity contribution is 0.0709. The molecule has 0 saturated carbocycles. The SMILES string of the molecule is COc1cc(-c2onc(N(C)C)c2C(=O)N2CCC[C@H](N)C2)ccc1F. The largest absolute Gasteiger partial charge is 0.494 e. The number of nitrogens with two attached hydrogens (primary N) is 1. The Hall–Kier alpha value is -2.61. The molecule has 1 atom stereocenters. The molecule has 1 aromatic carbocycles. The summed E-state index contributed by atoms with van der Waals surface area (Å²) in [6, 6.07) is 4.27. The molecule has 2 aromatic rings. The molecule has 1 aliphatic heterocycles. The molecule has 0 spiro atoms. The van der Waals surface area contributed by atoms with Gasteiger partial charge in [-0.1, -0.05) is 5.16 Å². The first-order valence-electron chi connectivity index (χ1n) is 8.48. The van der Waals surface area contributed by atoms with Crippen LogP contribution in [0.2, 0.25) is 0 Å². The van der Waals surface area contributed by atoms with Crippen LogP contribution in [0, 0.1) is 5.82 Å². The number of anilines is 1. The smallest absolute Gasteiger partial charge is 0.261 e. The summed E-state index contributed by atoms with van der Waals surface area (Å²) in [5.41, 5.74) is 6.88. The number of methoxy groups -OCH3 is 1. The van der Waals surface area contributed by atoms with Gasteiger partial charge in [0.1, 0.15) is 5.56 Å². The summed E-state index contributed by atoms with van der Waals surface area (Å²) in [6.45, 7) is 1.12. The average Bonchev–Trinajstić information content (AvgIpc) is 3.06. The van der Waals surface area contributed by atoms with Crippen LogP contribution in [0.3, 0.4) is 0 Å². The molecule has 1 saturated heterocycles. The molecule has 7 nitrogen and oxygen atoms in total. The van der Waals surface area contributed by atoms with Gasteiger partial charge >= 0.3 is 0 Å². The first-order chi connectivity index (χ1) is 12.4. The number of nitrogens with zero attached hydrogens (tertiary/aromatic N) is 3. The number of piperidine rings is 1. The lowest BCUT2D eigenvalue weighted by Crippen LogP contribution is -2.46. The fourth-order valence-corrected chi connectivity index (χ4v) is 3.13. The molecule has 8 heteroatoms. The Balaban J connectivity index is 2.06. The van der Waals surface area contributed by atoms with Crippen LogP contribution >= 0.6 is 0 Å². The molecule has 26 heavy (non-hydrogen) atoms. The summed E-state index contributed by atoms with van der Waals surface area (Å²) in [5, 5.41) is 4.04. The monoisotopic (exact) mass is 362 g/mol. The Morgan fingerprint density at radius 1 is 1.46 bits per heavy atom. The van der Waals surface area contributed by atoms with Gasteiger partial charge in [0.05, 0.1) is 7.11 Å². The third kappa shape index (κ3) is 3.37. The molecule has 2 heterocycles. The Bertz CT molecular complexity index is 806. The van der Waals surface area contributed by atoms with Crippen molar-refractivity contribution in [1.82, 2.24) is 10.1 Å². The van der Waals surface area contributed by atoms with Gasteiger partial charge in [-0.3, -0.25) is 4.79 Å². The van der Waals surface area contributed by atoms with Gasteiger partial charge in [-0.05, 0) is 31.0 Å².